The van der Waals surface area contributed by atoms with Gasteiger partial charge in [0.05, 0.1) is 6.20 Å². The highest BCUT2D eigenvalue weighted by Crippen LogP contribution is 2.12. The van der Waals surface area contributed by atoms with Crippen LogP contribution < -0.4 is 5.32 Å². The van der Waals surface area contributed by atoms with Gasteiger partial charge in [0, 0.05) is 11.3 Å². The van der Waals surface area contributed by atoms with Crippen molar-refractivity contribution < 1.29 is 9.32 Å². The summed E-state index contributed by atoms with van der Waals surface area (Å²) >= 11 is 5.75. The summed E-state index contributed by atoms with van der Waals surface area (Å²) in [5.41, 5.74) is 1.30. The Labute approximate surface area is 102 Å². The van der Waals surface area contributed by atoms with Crippen LogP contribution in [-0.4, -0.2) is 21.0 Å². The number of aryl methyl sites for hydroxylation is 2. The van der Waals surface area contributed by atoms with Crippen LogP contribution in [0.1, 0.15) is 21.8 Å². The van der Waals surface area contributed by atoms with E-state index in [4.69, 9.17) is 16.1 Å². The summed E-state index contributed by atoms with van der Waals surface area (Å²) in [6.07, 6.45) is 1.46. The summed E-state index contributed by atoms with van der Waals surface area (Å²) in [6.45, 7) is 3.47. The van der Waals surface area contributed by atoms with Gasteiger partial charge in [-0.2, -0.15) is 0 Å². The smallest absolute Gasteiger partial charge is 0.296 e. The van der Waals surface area contributed by atoms with Crippen molar-refractivity contribution >= 4 is 23.5 Å². The zero-order valence-corrected chi connectivity index (χ0v) is 9.95. The minimum Gasteiger partial charge on any atom is -0.351 e. The molecule has 0 spiro atoms. The molecular formula is C10H9ClN4O2. The second-order valence-corrected chi connectivity index (χ2v) is 3.83. The minimum atomic E-state index is -0.457. The molecule has 0 radical (unpaired) electrons. The fourth-order valence-electron chi connectivity index (χ4n) is 1.25. The summed E-state index contributed by atoms with van der Waals surface area (Å²) in [4.78, 5) is 19.6. The second kappa shape index (κ2) is 4.50. The Kier molecular flexibility index (Phi) is 3.06. The van der Waals surface area contributed by atoms with Gasteiger partial charge in [-0.05, 0) is 19.9 Å². The first-order chi connectivity index (χ1) is 8.06. The molecule has 0 aromatic carbocycles. The molecule has 0 saturated carbocycles. The summed E-state index contributed by atoms with van der Waals surface area (Å²) in [5, 5.41) is 6.27. The van der Waals surface area contributed by atoms with Gasteiger partial charge in [-0.3, -0.25) is 10.1 Å². The molecule has 2 aromatic rings. The lowest BCUT2D eigenvalue weighted by Gasteiger charge is -2.02. The zero-order chi connectivity index (χ0) is 12.4. The lowest BCUT2D eigenvalue weighted by atomic mass is 10.3. The zero-order valence-electron chi connectivity index (χ0n) is 9.19. The number of hydrogen-bond donors (Lipinski definition) is 1. The molecule has 0 atom stereocenters. The van der Waals surface area contributed by atoms with Crippen molar-refractivity contribution in [3.05, 3.63) is 34.4 Å². The van der Waals surface area contributed by atoms with Crippen LogP contribution in [0.4, 0.5) is 5.95 Å². The third-order valence-corrected chi connectivity index (χ3v) is 2.20. The van der Waals surface area contributed by atoms with Crippen LogP contribution in [0.3, 0.4) is 0 Å². The van der Waals surface area contributed by atoms with Gasteiger partial charge in [0.1, 0.15) is 5.15 Å². The molecule has 0 aliphatic heterocycles. The van der Waals surface area contributed by atoms with Crippen LogP contribution >= 0.6 is 11.6 Å². The van der Waals surface area contributed by atoms with E-state index < -0.39 is 5.91 Å². The number of halogens is 1. The molecule has 1 amide bonds. The van der Waals surface area contributed by atoms with Crippen LogP contribution in [0.2, 0.25) is 5.15 Å². The average molecular weight is 253 g/mol. The van der Waals surface area contributed by atoms with Crippen molar-refractivity contribution in [1.29, 1.82) is 0 Å². The molecule has 0 aliphatic rings. The largest absolute Gasteiger partial charge is 0.351 e. The van der Waals surface area contributed by atoms with Crippen molar-refractivity contribution in [2.75, 3.05) is 5.32 Å². The number of anilines is 1. The first-order valence-electron chi connectivity index (χ1n) is 4.80. The van der Waals surface area contributed by atoms with E-state index in [1.807, 2.05) is 0 Å². The molecule has 0 saturated heterocycles. The van der Waals surface area contributed by atoms with Crippen molar-refractivity contribution in [1.82, 2.24) is 15.1 Å². The number of nitrogens with zero attached hydrogens (tertiary/aromatic N) is 3. The van der Waals surface area contributed by atoms with E-state index in [-0.39, 0.29) is 16.9 Å². The molecule has 7 heteroatoms. The molecule has 0 unspecified atom stereocenters. The van der Waals surface area contributed by atoms with Crippen molar-refractivity contribution in [3.8, 4) is 0 Å². The van der Waals surface area contributed by atoms with Crippen molar-refractivity contribution in [2.45, 2.75) is 13.8 Å². The van der Waals surface area contributed by atoms with Crippen LogP contribution in [0.5, 0.6) is 0 Å². The minimum absolute atomic E-state index is 0.131. The van der Waals surface area contributed by atoms with Crippen LogP contribution in [-0.2, 0) is 0 Å². The molecule has 0 fully saturated rings. The lowest BCUT2D eigenvalue weighted by molar-refractivity contribution is 0.0986. The highest BCUT2D eigenvalue weighted by atomic mass is 35.5. The Morgan fingerprint density at radius 2 is 2.18 bits per heavy atom. The predicted molar refractivity (Wildman–Crippen MR) is 61.0 cm³/mol. The number of carbonyl (C=O) groups is 1. The number of nitrogens with one attached hydrogen (secondary N) is 1. The van der Waals surface area contributed by atoms with Crippen molar-refractivity contribution in [2.24, 2.45) is 0 Å². The summed E-state index contributed by atoms with van der Waals surface area (Å²) in [5.74, 6) is -0.191. The number of amides is 1. The van der Waals surface area contributed by atoms with E-state index in [1.54, 1.807) is 19.9 Å². The lowest BCUT2D eigenvalue weighted by Crippen LogP contribution is -2.14. The summed E-state index contributed by atoms with van der Waals surface area (Å²) in [6, 6.07) is 1.59. The van der Waals surface area contributed by atoms with Crippen LogP contribution in [0.15, 0.2) is 16.8 Å². The van der Waals surface area contributed by atoms with Crippen molar-refractivity contribution in [3.63, 3.8) is 0 Å². The third kappa shape index (κ3) is 2.59. The maximum Gasteiger partial charge on any atom is 0.296 e. The molecule has 0 bridgehead atoms. The first kappa shape index (κ1) is 11.5. The Balaban J connectivity index is 2.21. The third-order valence-electron chi connectivity index (χ3n) is 2.00. The van der Waals surface area contributed by atoms with Gasteiger partial charge in [-0.25, -0.2) is 9.97 Å². The highest BCUT2D eigenvalue weighted by molar-refractivity contribution is 6.29. The van der Waals surface area contributed by atoms with E-state index in [9.17, 15) is 4.79 Å². The first-order valence-corrected chi connectivity index (χ1v) is 5.18. The monoisotopic (exact) mass is 252 g/mol. The fourth-order valence-corrected chi connectivity index (χ4v) is 1.49. The number of aromatic nitrogens is 3. The van der Waals surface area contributed by atoms with Gasteiger partial charge in [-0.1, -0.05) is 16.8 Å². The Morgan fingerprint density at radius 3 is 2.76 bits per heavy atom. The van der Waals surface area contributed by atoms with Gasteiger partial charge >= 0.3 is 0 Å². The molecule has 88 valence electrons. The fraction of sp³-hybridized carbons (Fsp3) is 0.200. The second-order valence-electron chi connectivity index (χ2n) is 3.45. The van der Waals surface area contributed by atoms with E-state index in [0.29, 0.717) is 11.3 Å². The normalized spacial score (nSPS) is 10.3. The Bertz CT molecular complexity index is 547. The van der Waals surface area contributed by atoms with E-state index >= 15 is 0 Å². The quantitative estimate of drug-likeness (QED) is 0.827. The van der Waals surface area contributed by atoms with Gasteiger partial charge in [0.15, 0.2) is 0 Å². The molecule has 2 rings (SSSR count). The van der Waals surface area contributed by atoms with E-state index in [1.165, 1.54) is 6.20 Å². The van der Waals surface area contributed by atoms with Crippen LogP contribution in [0.25, 0.3) is 0 Å². The summed E-state index contributed by atoms with van der Waals surface area (Å²) < 4.78 is 4.81. The SMILES string of the molecule is Cc1cc(Cl)nc(NC(=O)c2oncc2C)n1. The average Bonchev–Trinajstić information content (AvgIpc) is 2.62. The molecule has 2 aromatic heterocycles. The standard InChI is InChI=1S/C10H9ClN4O2/c1-5-4-12-17-8(5)9(16)15-10-13-6(2)3-7(11)14-10/h3-4H,1-2H3,(H,13,14,15,16). The molecule has 0 aliphatic carbocycles. The number of carbonyl (C=O) groups excluding carboxylic acids is 1. The van der Waals surface area contributed by atoms with Gasteiger partial charge in [0.2, 0.25) is 11.7 Å². The Hall–Kier alpha value is -1.95. The maximum atomic E-state index is 11.8. The molecule has 6 nitrogen and oxygen atoms in total. The van der Waals surface area contributed by atoms with E-state index in [2.05, 4.69) is 20.4 Å². The maximum absolute atomic E-state index is 11.8. The molecular weight excluding hydrogens is 244 g/mol. The molecule has 2 heterocycles. The van der Waals surface area contributed by atoms with Crippen LogP contribution in [0, 0.1) is 13.8 Å². The van der Waals surface area contributed by atoms with E-state index in [0.717, 1.165) is 0 Å². The predicted octanol–water partition coefficient (Wildman–Crippen LogP) is 1.99. The van der Waals surface area contributed by atoms with Gasteiger partial charge < -0.3 is 4.52 Å². The summed E-state index contributed by atoms with van der Waals surface area (Å²) in [7, 11) is 0. The highest BCUT2D eigenvalue weighted by Gasteiger charge is 2.15. The van der Waals surface area contributed by atoms with Gasteiger partial charge in [-0.15, -0.1) is 0 Å². The molecule has 17 heavy (non-hydrogen) atoms. The van der Waals surface area contributed by atoms with Gasteiger partial charge in [0.25, 0.3) is 5.91 Å². The topological polar surface area (TPSA) is 80.9 Å². The number of rotatable bonds is 2. The number of hydrogen-bond acceptors (Lipinski definition) is 5. The Morgan fingerprint density at radius 1 is 1.41 bits per heavy atom. The molecule has 1 N–H and O–H groups in total.